The van der Waals surface area contributed by atoms with Crippen LogP contribution in [0.1, 0.15) is 30.3 Å². The van der Waals surface area contributed by atoms with Crippen LogP contribution in [-0.4, -0.2) is 37.6 Å². The maximum atomic E-state index is 13.4. The molecule has 0 radical (unpaired) electrons. The van der Waals surface area contributed by atoms with Crippen LogP contribution in [0.15, 0.2) is 53.3 Å². The second-order valence-electron chi connectivity index (χ2n) is 7.31. The maximum Gasteiger partial charge on any atom is 0.226 e. The van der Waals surface area contributed by atoms with Gasteiger partial charge in [-0.05, 0) is 56.3 Å². The molecular weight excluding hydrogens is 376 g/mol. The van der Waals surface area contributed by atoms with E-state index < -0.39 is 11.6 Å². The SMILES string of the molecule is Fc1ccc(-c2nc(CN3CCC(c4nnc5ccccn45)CC3)co2)cc1F. The lowest BCUT2D eigenvalue weighted by atomic mass is 9.96. The molecule has 1 saturated heterocycles. The minimum atomic E-state index is -0.912. The predicted octanol–water partition coefficient (Wildman–Crippen LogP) is 4.04. The van der Waals surface area contributed by atoms with Crippen molar-refractivity contribution in [3.05, 3.63) is 72.0 Å². The van der Waals surface area contributed by atoms with Gasteiger partial charge >= 0.3 is 0 Å². The standard InChI is InChI=1S/C21H19F2N5O/c22-17-5-4-15(11-18(17)23)21-24-16(13-29-21)12-27-9-6-14(7-10-27)20-26-25-19-3-1-2-8-28(19)20/h1-5,8,11,13-14H,6-7,9-10,12H2. The number of piperidine rings is 1. The third-order valence-electron chi connectivity index (χ3n) is 5.40. The Labute approximate surface area is 165 Å². The molecule has 5 rings (SSSR count). The molecule has 0 atom stereocenters. The molecule has 0 amide bonds. The molecule has 6 nitrogen and oxygen atoms in total. The monoisotopic (exact) mass is 395 g/mol. The van der Waals surface area contributed by atoms with Crippen LogP contribution >= 0.6 is 0 Å². The van der Waals surface area contributed by atoms with Crippen LogP contribution in [0, 0.1) is 11.6 Å². The molecule has 0 aliphatic carbocycles. The van der Waals surface area contributed by atoms with Crippen molar-refractivity contribution >= 4 is 5.65 Å². The first-order valence-electron chi connectivity index (χ1n) is 9.59. The van der Waals surface area contributed by atoms with Crippen molar-refractivity contribution in [1.82, 2.24) is 24.5 Å². The largest absolute Gasteiger partial charge is 0.444 e. The van der Waals surface area contributed by atoms with E-state index in [-0.39, 0.29) is 0 Å². The molecule has 1 aliphatic rings. The molecule has 0 spiro atoms. The Balaban J connectivity index is 1.23. The van der Waals surface area contributed by atoms with Gasteiger partial charge in [-0.15, -0.1) is 10.2 Å². The fraction of sp³-hybridized carbons (Fsp3) is 0.286. The minimum absolute atomic E-state index is 0.295. The van der Waals surface area contributed by atoms with Gasteiger partial charge in [0.05, 0.1) is 5.69 Å². The maximum absolute atomic E-state index is 13.4. The summed E-state index contributed by atoms with van der Waals surface area (Å²) in [6.45, 7) is 2.49. The highest BCUT2D eigenvalue weighted by Gasteiger charge is 2.25. The van der Waals surface area contributed by atoms with Crippen LogP contribution in [0.25, 0.3) is 17.1 Å². The second kappa shape index (κ2) is 7.36. The van der Waals surface area contributed by atoms with Crippen molar-refractivity contribution in [2.45, 2.75) is 25.3 Å². The van der Waals surface area contributed by atoms with E-state index in [2.05, 4.69) is 24.5 Å². The molecule has 4 heterocycles. The Kier molecular flexibility index (Phi) is 4.55. The molecule has 148 valence electrons. The lowest BCUT2D eigenvalue weighted by Gasteiger charge is -2.30. The van der Waals surface area contributed by atoms with Crippen LogP contribution in [0.3, 0.4) is 0 Å². The molecule has 8 heteroatoms. The summed E-state index contributed by atoms with van der Waals surface area (Å²) in [4.78, 5) is 6.74. The Morgan fingerprint density at radius 1 is 1.03 bits per heavy atom. The van der Waals surface area contributed by atoms with Crippen LogP contribution in [0.4, 0.5) is 8.78 Å². The number of pyridine rings is 1. The Bertz CT molecular complexity index is 1150. The highest BCUT2D eigenvalue weighted by molar-refractivity contribution is 5.53. The minimum Gasteiger partial charge on any atom is -0.444 e. The first kappa shape index (κ1) is 17.9. The molecule has 0 saturated carbocycles. The number of rotatable bonds is 4. The normalized spacial score (nSPS) is 15.9. The van der Waals surface area contributed by atoms with Crippen molar-refractivity contribution in [2.24, 2.45) is 0 Å². The number of likely N-dealkylation sites (tertiary alicyclic amines) is 1. The highest BCUT2D eigenvalue weighted by Crippen LogP contribution is 2.28. The Morgan fingerprint density at radius 3 is 2.72 bits per heavy atom. The molecule has 0 N–H and O–H groups in total. The number of hydrogen-bond acceptors (Lipinski definition) is 5. The van der Waals surface area contributed by atoms with Crippen LogP contribution in [-0.2, 0) is 6.54 Å². The van der Waals surface area contributed by atoms with Crippen molar-refractivity contribution < 1.29 is 13.2 Å². The van der Waals surface area contributed by atoms with Crippen molar-refractivity contribution in [2.75, 3.05) is 13.1 Å². The summed E-state index contributed by atoms with van der Waals surface area (Å²) in [5.41, 5.74) is 2.07. The van der Waals surface area contributed by atoms with Crippen LogP contribution in [0.2, 0.25) is 0 Å². The van der Waals surface area contributed by atoms with E-state index in [1.165, 1.54) is 6.07 Å². The van der Waals surface area contributed by atoms with Gasteiger partial charge < -0.3 is 4.42 Å². The smallest absolute Gasteiger partial charge is 0.226 e. The first-order chi connectivity index (χ1) is 14.2. The zero-order valence-corrected chi connectivity index (χ0v) is 15.6. The lowest BCUT2D eigenvalue weighted by Crippen LogP contribution is -2.33. The zero-order chi connectivity index (χ0) is 19.8. The number of benzene rings is 1. The van der Waals surface area contributed by atoms with Crippen LogP contribution in [0.5, 0.6) is 0 Å². The first-order valence-corrected chi connectivity index (χ1v) is 9.59. The number of nitrogens with zero attached hydrogens (tertiary/aromatic N) is 5. The zero-order valence-electron chi connectivity index (χ0n) is 15.6. The van der Waals surface area contributed by atoms with Gasteiger partial charge in [-0.25, -0.2) is 13.8 Å². The van der Waals surface area contributed by atoms with Gasteiger partial charge in [-0.3, -0.25) is 9.30 Å². The van der Waals surface area contributed by atoms with Gasteiger partial charge in [0.25, 0.3) is 0 Å². The highest BCUT2D eigenvalue weighted by atomic mass is 19.2. The summed E-state index contributed by atoms with van der Waals surface area (Å²) >= 11 is 0. The van der Waals surface area contributed by atoms with Crippen molar-refractivity contribution in [3.8, 4) is 11.5 Å². The molecule has 1 fully saturated rings. The fourth-order valence-electron chi connectivity index (χ4n) is 3.86. The summed E-state index contributed by atoms with van der Waals surface area (Å²) < 4.78 is 34.1. The Morgan fingerprint density at radius 2 is 1.90 bits per heavy atom. The fourth-order valence-corrected chi connectivity index (χ4v) is 3.86. The van der Waals surface area contributed by atoms with Gasteiger partial charge in [0, 0.05) is 24.2 Å². The van der Waals surface area contributed by atoms with E-state index in [1.54, 1.807) is 6.26 Å². The number of fused-ring (bicyclic) bond motifs is 1. The molecule has 29 heavy (non-hydrogen) atoms. The van der Waals surface area contributed by atoms with E-state index >= 15 is 0 Å². The van der Waals surface area contributed by atoms with Gasteiger partial charge in [0.2, 0.25) is 5.89 Å². The van der Waals surface area contributed by atoms with E-state index in [4.69, 9.17) is 4.42 Å². The van der Waals surface area contributed by atoms with E-state index in [1.807, 2.05) is 24.4 Å². The average Bonchev–Trinajstić information content (AvgIpc) is 3.38. The summed E-state index contributed by atoms with van der Waals surface area (Å²) in [7, 11) is 0. The van der Waals surface area contributed by atoms with E-state index in [0.717, 1.165) is 55.2 Å². The molecule has 0 bridgehead atoms. The molecule has 4 aromatic rings. The molecule has 1 aromatic carbocycles. The number of hydrogen-bond donors (Lipinski definition) is 0. The number of halogens is 2. The molecule has 1 aliphatic heterocycles. The Hall–Kier alpha value is -3.13. The van der Waals surface area contributed by atoms with E-state index in [9.17, 15) is 8.78 Å². The summed E-state index contributed by atoms with van der Waals surface area (Å²) in [5.74, 6) is -0.112. The lowest BCUT2D eigenvalue weighted by molar-refractivity contribution is 0.199. The van der Waals surface area contributed by atoms with Crippen molar-refractivity contribution in [3.63, 3.8) is 0 Å². The summed E-state index contributed by atoms with van der Waals surface area (Å²) in [6, 6.07) is 9.54. The van der Waals surface area contributed by atoms with Gasteiger partial charge in [0.15, 0.2) is 17.3 Å². The quantitative estimate of drug-likeness (QED) is 0.522. The summed E-state index contributed by atoms with van der Waals surface area (Å²) in [6.07, 6.45) is 5.56. The third-order valence-corrected chi connectivity index (χ3v) is 5.40. The van der Waals surface area contributed by atoms with Gasteiger partial charge in [0.1, 0.15) is 12.1 Å². The van der Waals surface area contributed by atoms with Crippen molar-refractivity contribution in [1.29, 1.82) is 0 Å². The molecule has 0 unspecified atom stereocenters. The molecular formula is C21H19F2N5O. The van der Waals surface area contributed by atoms with E-state index in [0.29, 0.717) is 23.9 Å². The van der Waals surface area contributed by atoms with Gasteiger partial charge in [-0.2, -0.15) is 0 Å². The number of aromatic nitrogens is 4. The third kappa shape index (κ3) is 3.51. The second-order valence-corrected chi connectivity index (χ2v) is 7.31. The topological polar surface area (TPSA) is 59.5 Å². The molecule has 3 aromatic heterocycles. The van der Waals surface area contributed by atoms with Gasteiger partial charge in [-0.1, -0.05) is 6.07 Å². The average molecular weight is 395 g/mol. The predicted molar refractivity (Wildman–Crippen MR) is 102 cm³/mol. The number of oxazole rings is 1. The van der Waals surface area contributed by atoms with Crippen LogP contribution < -0.4 is 0 Å². The summed E-state index contributed by atoms with van der Waals surface area (Å²) in [5, 5.41) is 8.64.